The van der Waals surface area contributed by atoms with Gasteiger partial charge in [-0.05, 0) is 31.2 Å². The van der Waals surface area contributed by atoms with E-state index in [4.69, 9.17) is 4.74 Å². The van der Waals surface area contributed by atoms with Crippen LogP contribution in [0.1, 0.15) is 44.5 Å². The standard InChI is InChI=1S/C25H28N2O5S/c1-16-13-22(29)26-18-10-6-7-11-19(18)27(16)23(30)15-33-20-12-8-5-9-17(20)24(31)32-14-21(28)25(2,3)4/h5-12,16H,13-15H2,1-4H3,(H,26,29)/t16-/m1/s1. The molecule has 2 aromatic carbocycles. The number of fused-ring (bicyclic) bond motifs is 1. The molecule has 33 heavy (non-hydrogen) atoms. The second kappa shape index (κ2) is 10.2. The fourth-order valence-corrected chi connectivity index (χ4v) is 4.26. The van der Waals surface area contributed by atoms with E-state index in [1.165, 1.54) is 11.8 Å². The third kappa shape index (κ3) is 6.01. The monoisotopic (exact) mass is 468 g/mol. The van der Waals surface area contributed by atoms with Crippen molar-refractivity contribution in [2.75, 3.05) is 22.6 Å². The molecule has 1 aliphatic rings. The highest BCUT2D eigenvalue weighted by Crippen LogP contribution is 2.33. The van der Waals surface area contributed by atoms with Crippen LogP contribution < -0.4 is 10.2 Å². The largest absolute Gasteiger partial charge is 0.454 e. The highest BCUT2D eigenvalue weighted by atomic mass is 32.2. The number of nitrogens with zero attached hydrogens (tertiary/aromatic N) is 1. The van der Waals surface area contributed by atoms with E-state index < -0.39 is 11.4 Å². The van der Waals surface area contributed by atoms with Crippen LogP contribution in [-0.4, -0.2) is 42.0 Å². The lowest BCUT2D eigenvalue weighted by Crippen LogP contribution is -2.40. The molecule has 1 aliphatic heterocycles. The fourth-order valence-electron chi connectivity index (χ4n) is 3.36. The molecule has 1 atom stereocenters. The average molecular weight is 469 g/mol. The molecule has 0 spiro atoms. The SMILES string of the molecule is C[C@@H]1CC(=O)Nc2ccccc2N1C(=O)CSc1ccccc1C(=O)OCC(=O)C(C)(C)C. The van der Waals surface area contributed by atoms with Gasteiger partial charge < -0.3 is 15.0 Å². The number of hydrogen-bond acceptors (Lipinski definition) is 6. The Labute approximate surface area is 197 Å². The minimum atomic E-state index is -0.605. The first-order valence-electron chi connectivity index (χ1n) is 10.7. The van der Waals surface area contributed by atoms with Crippen molar-refractivity contribution in [3.8, 4) is 0 Å². The van der Waals surface area contributed by atoms with Gasteiger partial charge >= 0.3 is 5.97 Å². The Morgan fingerprint density at radius 1 is 1.09 bits per heavy atom. The lowest BCUT2D eigenvalue weighted by molar-refractivity contribution is -0.129. The van der Waals surface area contributed by atoms with Crippen molar-refractivity contribution in [3.05, 3.63) is 54.1 Å². The van der Waals surface area contributed by atoms with Crippen molar-refractivity contribution in [1.29, 1.82) is 0 Å². The summed E-state index contributed by atoms with van der Waals surface area (Å²) in [6.45, 7) is 6.84. The first-order chi connectivity index (χ1) is 15.6. The number of anilines is 2. The molecule has 0 aromatic heterocycles. The molecule has 2 aromatic rings. The summed E-state index contributed by atoms with van der Waals surface area (Å²) in [5.74, 6) is -1.03. The first kappa shape index (κ1) is 24.5. The number of amides is 2. The van der Waals surface area contributed by atoms with Crippen LogP contribution in [0.5, 0.6) is 0 Å². The number of ketones is 1. The van der Waals surface area contributed by atoms with Crippen LogP contribution in [-0.2, 0) is 19.1 Å². The summed E-state index contributed by atoms with van der Waals surface area (Å²) < 4.78 is 5.23. The summed E-state index contributed by atoms with van der Waals surface area (Å²) >= 11 is 1.22. The Hall–Kier alpha value is -3.13. The van der Waals surface area contributed by atoms with E-state index in [0.717, 1.165) is 0 Å². The van der Waals surface area contributed by atoms with E-state index in [9.17, 15) is 19.2 Å². The van der Waals surface area contributed by atoms with E-state index in [-0.39, 0.29) is 42.4 Å². The Balaban J connectivity index is 1.73. The molecule has 3 rings (SSSR count). The van der Waals surface area contributed by atoms with Crippen molar-refractivity contribution < 1.29 is 23.9 Å². The number of thioether (sulfide) groups is 1. The predicted octanol–water partition coefficient (Wildman–Crippen LogP) is 4.31. The van der Waals surface area contributed by atoms with Gasteiger partial charge in [0.15, 0.2) is 12.4 Å². The van der Waals surface area contributed by atoms with Crippen molar-refractivity contribution in [3.63, 3.8) is 0 Å². The average Bonchev–Trinajstić information content (AvgIpc) is 2.89. The topological polar surface area (TPSA) is 92.8 Å². The van der Waals surface area contributed by atoms with Crippen molar-refractivity contribution >= 4 is 46.7 Å². The number of ether oxygens (including phenoxy) is 1. The summed E-state index contributed by atoms with van der Waals surface area (Å²) in [5.41, 5.74) is 0.947. The first-order valence-corrected chi connectivity index (χ1v) is 11.7. The van der Waals surface area contributed by atoms with Crippen LogP contribution in [0.4, 0.5) is 11.4 Å². The minimum Gasteiger partial charge on any atom is -0.454 e. The zero-order valence-electron chi connectivity index (χ0n) is 19.2. The van der Waals surface area contributed by atoms with Gasteiger partial charge in [0.05, 0.1) is 22.7 Å². The molecule has 174 valence electrons. The molecule has 0 aliphatic carbocycles. The normalized spacial score (nSPS) is 15.8. The number of hydrogen-bond donors (Lipinski definition) is 1. The minimum absolute atomic E-state index is 0.0675. The van der Waals surface area contributed by atoms with Gasteiger partial charge in [0.1, 0.15) is 0 Å². The van der Waals surface area contributed by atoms with Crippen LogP contribution in [0.25, 0.3) is 0 Å². The summed E-state index contributed by atoms with van der Waals surface area (Å²) in [6.07, 6.45) is 0.190. The zero-order valence-corrected chi connectivity index (χ0v) is 20.0. The Bertz CT molecular complexity index is 1080. The molecule has 0 saturated carbocycles. The zero-order chi connectivity index (χ0) is 24.2. The van der Waals surface area contributed by atoms with E-state index >= 15 is 0 Å². The highest BCUT2D eigenvalue weighted by molar-refractivity contribution is 8.00. The maximum absolute atomic E-state index is 13.2. The van der Waals surface area contributed by atoms with Crippen molar-refractivity contribution in [1.82, 2.24) is 0 Å². The van der Waals surface area contributed by atoms with Gasteiger partial charge in [-0.1, -0.05) is 45.0 Å². The Morgan fingerprint density at radius 2 is 1.76 bits per heavy atom. The molecule has 0 fully saturated rings. The highest BCUT2D eigenvalue weighted by Gasteiger charge is 2.30. The maximum atomic E-state index is 13.2. The van der Waals surface area contributed by atoms with Crippen LogP contribution in [0, 0.1) is 5.41 Å². The summed E-state index contributed by atoms with van der Waals surface area (Å²) in [7, 11) is 0. The molecule has 0 unspecified atom stereocenters. The maximum Gasteiger partial charge on any atom is 0.339 e. The van der Waals surface area contributed by atoms with Crippen LogP contribution >= 0.6 is 11.8 Å². The molecule has 7 nitrogen and oxygen atoms in total. The second-order valence-corrected chi connectivity index (χ2v) is 9.93. The van der Waals surface area contributed by atoms with Crippen LogP contribution in [0.15, 0.2) is 53.4 Å². The fraction of sp³-hybridized carbons (Fsp3) is 0.360. The Morgan fingerprint density at radius 3 is 2.48 bits per heavy atom. The van der Waals surface area contributed by atoms with Crippen molar-refractivity contribution in [2.24, 2.45) is 5.41 Å². The van der Waals surface area contributed by atoms with Crippen LogP contribution in [0.2, 0.25) is 0 Å². The molecular formula is C25H28N2O5S. The Kier molecular flexibility index (Phi) is 7.58. The third-order valence-electron chi connectivity index (χ3n) is 5.26. The predicted molar refractivity (Wildman–Crippen MR) is 129 cm³/mol. The number of rotatable bonds is 6. The molecule has 1 N–H and O–H groups in total. The van der Waals surface area contributed by atoms with Gasteiger partial charge in [-0.3, -0.25) is 14.4 Å². The molecule has 2 amide bonds. The van der Waals surface area contributed by atoms with Gasteiger partial charge in [0.25, 0.3) is 0 Å². The number of carbonyl (C=O) groups excluding carboxylic acids is 4. The van der Waals surface area contributed by atoms with Crippen molar-refractivity contribution in [2.45, 2.75) is 45.1 Å². The van der Waals surface area contributed by atoms with Gasteiger partial charge in [-0.2, -0.15) is 0 Å². The number of benzene rings is 2. The van der Waals surface area contributed by atoms with E-state index in [1.807, 2.05) is 13.0 Å². The molecule has 8 heteroatoms. The molecular weight excluding hydrogens is 440 g/mol. The summed E-state index contributed by atoms with van der Waals surface area (Å²) in [6, 6.07) is 13.7. The number of nitrogens with one attached hydrogen (secondary N) is 1. The number of esters is 1. The second-order valence-electron chi connectivity index (χ2n) is 8.92. The summed E-state index contributed by atoms with van der Waals surface area (Å²) in [5, 5.41) is 2.84. The van der Waals surface area contributed by atoms with E-state index in [0.29, 0.717) is 21.8 Å². The van der Waals surface area contributed by atoms with E-state index in [2.05, 4.69) is 5.32 Å². The lowest BCUT2D eigenvalue weighted by Gasteiger charge is -2.27. The molecule has 0 bridgehead atoms. The smallest absolute Gasteiger partial charge is 0.339 e. The molecule has 1 heterocycles. The van der Waals surface area contributed by atoms with E-state index in [1.54, 1.807) is 68.1 Å². The lowest BCUT2D eigenvalue weighted by atomic mass is 9.91. The number of Topliss-reactive ketones (excluding diaryl/α,β-unsaturated/α-hetero) is 1. The van der Waals surface area contributed by atoms with Gasteiger partial charge in [0.2, 0.25) is 11.8 Å². The van der Waals surface area contributed by atoms with Crippen LogP contribution in [0.3, 0.4) is 0 Å². The number of para-hydroxylation sites is 2. The molecule has 0 saturated heterocycles. The van der Waals surface area contributed by atoms with Gasteiger partial charge in [0, 0.05) is 22.8 Å². The number of carbonyl (C=O) groups is 4. The molecule has 0 radical (unpaired) electrons. The summed E-state index contributed by atoms with van der Waals surface area (Å²) in [4.78, 5) is 52.3. The van der Waals surface area contributed by atoms with Gasteiger partial charge in [-0.15, -0.1) is 11.8 Å². The van der Waals surface area contributed by atoms with Gasteiger partial charge in [-0.25, -0.2) is 4.79 Å². The quantitative estimate of drug-likeness (QED) is 0.502. The third-order valence-corrected chi connectivity index (χ3v) is 6.32.